The molecule has 108 valence electrons. The van der Waals surface area contributed by atoms with Gasteiger partial charge < -0.3 is 15.8 Å². The number of hydrogen-bond acceptors (Lipinski definition) is 5. The van der Waals surface area contributed by atoms with Crippen LogP contribution in [-0.4, -0.2) is 27.7 Å². The molecule has 0 atom stereocenters. The average molecular weight is 283 g/mol. The maximum Gasteiger partial charge on any atom is 0.157 e. The van der Waals surface area contributed by atoms with E-state index in [-0.39, 0.29) is 0 Å². The summed E-state index contributed by atoms with van der Waals surface area (Å²) in [7, 11) is 0. The number of pyridine rings is 1. The predicted molar refractivity (Wildman–Crippen MR) is 82.0 cm³/mol. The first-order chi connectivity index (χ1) is 10.3. The average Bonchev–Trinajstić information content (AvgIpc) is 2.95. The van der Waals surface area contributed by atoms with Crippen LogP contribution in [0.25, 0.3) is 5.65 Å². The minimum Gasteiger partial charge on any atom is -0.492 e. The number of fused-ring (bicyclic) bond motifs is 1. The summed E-state index contributed by atoms with van der Waals surface area (Å²) < 4.78 is 7.23. The van der Waals surface area contributed by atoms with Gasteiger partial charge >= 0.3 is 0 Å². The van der Waals surface area contributed by atoms with Crippen LogP contribution in [0, 0.1) is 6.92 Å². The van der Waals surface area contributed by atoms with Crippen molar-refractivity contribution in [2.75, 3.05) is 18.5 Å². The zero-order chi connectivity index (χ0) is 14.7. The zero-order valence-electron chi connectivity index (χ0n) is 11.8. The van der Waals surface area contributed by atoms with Crippen molar-refractivity contribution >= 4 is 17.2 Å². The van der Waals surface area contributed by atoms with E-state index in [1.807, 2.05) is 43.3 Å². The molecule has 6 nitrogen and oxygen atoms in total. The monoisotopic (exact) mass is 283 g/mol. The summed E-state index contributed by atoms with van der Waals surface area (Å²) in [5.41, 5.74) is 8.31. The Balaban J connectivity index is 1.83. The van der Waals surface area contributed by atoms with Crippen molar-refractivity contribution in [2.45, 2.75) is 6.92 Å². The number of hydrogen-bond donors (Lipinski definition) is 2. The predicted octanol–water partition coefficient (Wildman–Crippen LogP) is 2.12. The topological polar surface area (TPSA) is 77.5 Å². The lowest BCUT2D eigenvalue weighted by Gasteiger charge is -2.10. The van der Waals surface area contributed by atoms with Crippen LogP contribution in [0.5, 0.6) is 5.75 Å². The molecule has 0 spiro atoms. The number of nitrogens with one attached hydrogen (secondary N) is 1. The van der Waals surface area contributed by atoms with Gasteiger partial charge in [-0.1, -0.05) is 0 Å². The molecule has 0 saturated heterocycles. The van der Waals surface area contributed by atoms with E-state index < -0.39 is 0 Å². The fourth-order valence-corrected chi connectivity index (χ4v) is 2.10. The molecule has 3 aromatic rings. The molecule has 3 rings (SSSR count). The zero-order valence-corrected chi connectivity index (χ0v) is 11.8. The Labute approximate surface area is 122 Å². The van der Waals surface area contributed by atoms with Gasteiger partial charge in [0, 0.05) is 12.2 Å². The van der Waals surface area contributed by atoms with Crippen molar-refractivity contribution in [1.82, 2.24) is 14.6 Å². The number of nitrogens with zero attached hydrogens (tertiary/aromatic N) is 3. The maximum atomic E-state index is 5.46. The van der Waals surface area contributed by atoms with Crippen LogP contribution in [-0.2, 0) is 0 Å². The molecule has 6 heteroatoms. The van der Waals surface area contributed by atoms with E-state index in [2.05, 4.69) is 15.4 Å². The summed E-state index contributed by atoms with van der Waals surface area (Å²) in [5.74, 6) is 1.68. The van der Waals surface area contributed by atoms with Gasteiger partial charge in [-0.2, -0.15) is 9.61 Å². The van der Waals surface area contributed by atoms with Crippen LogP contribution >= 0.6 is 0 Å². The third-order valence-corrected chi connectivity index (χ3v) is 3.04. The minimum atomic E-state index is 0.508. The molecular weight excluding hydrogens is 266 g/mol. The van der Waals surface area contributed by atoms with Gasteiger partial charge in [-0.15, -0.1) is 0 Å². The molecule has 0 radical (unpaired) electrons. The summed E-state index contributed by atoms with van der Waals surface area (Å²) in [6.45, 7) is 3.06. The van der Waals surface area contributed by atoms with Crippen molar-refractivity contribution in [1.29, 1.82) is 0 Å². The molecule has 0 aliphatic rings. The number of ether oxygens (including phenoxy) is 1. The van der Waals surface area contributed by atoms with E-state index in [9.17, 15) is 0 Å². The molecule has 0 aliphatic carbocycles. The van der Waals surface area contributed by atoms with Crippen LogP contribution in [0.1, 0.15) is 5.56 Å². The van der Waals surface area contributed by atoms with Crippen molar-refractivity contribution in [2.24, 2.45) is 5.73 Å². The van der Waals surface area contributed by atoms with Gasteiger partial charge in [0.1, 0.15) is 24.5 Å². The van der Waals surface area contributed by atoms with Gasteiger partial charge in [-0.3, -0.25) is 0 Å². The fraction of sp³-hybridized carbons (Fsp3) is 0.200. The second-order valence-electron chi connectivity index (χ2n) is 4.73. The molecular formula is C15H17N5O. The quantitative estimate of drug-likeness (QED) is 0.750. The standard InChI is InChI=1S/C15H17N5O/c1-11-8-14-17-10-18-20(14)15(9-11)19-12-2-4-13(5-3-12)21-7-6-16/h2-5,8-10,19H,6-7,16H2,1H3. The summed E-state index contributed by atoms with van der Waals surface area (Å²) in [6.07, 6.45) is 1.55. The molecule has 21 heavy (non-hydrogen) atoms. The Kier molecular flexibility index (Phi) is 3.70. The summed E-state index contributed by atoms with van der Waals surface area (Å²) >= 11 is 0. The number of aromatic nitrogens is 3. The Morgan fingerprint density at radius 3 is 2.81 bits per heavy atom. The van der Waals surface area contributed by atoms with Gasteiger partial charge in [0.05, 0.1) is 0 Å². The lowest BCUT2D eigenvalue weighted by atomic mass is 10.2. The molecule has 2 heterocycles. The largest absolute Gasteiger partial charge is 0.492 e. The lowest BCUT2D eigenvalue weighted by molar-refractivity contribution is 0.328. The third-order valence-electron chi connectivity index (χ3n) is 3.04. The van der Waals surface area contributed by atoms with Gasteiger partial charge in [0.15, 0.2) is 5.65 Å². The third kappa shape index (κ3) is 2.95. The van der Waals surface area contributed by atoms with E-state index in [0.717, 1.165) is 28.5 Å². The van der Waals surface area contributed by atoms with Crippen LogP contribution in [0.2, 0.25) is 0 Å². The van der Waals surface area contributed by atoms with Crippen molar-refractivity contribution < 1.29 is 4.74 Å². The highest BCUT2D eigenvalue weighted by molar-refractivity contribution is 5.61. The summed E-state index contributed by atoms with van der Waals surface area (Å²) in [6, 6.07) is 11.7. The van der Waals surface area contributed by atoms with Crippen LogP contribution in [0.4, 0.5) is 11.5 Å². The van der Waals surface area contributed by atoms with Crippen LogP contribution < -0.4 is 15.8 Å². The number of aryl methyl sites for hydroxylation is 1. The molecule has 0 fully saturated rings. The molecule has 1 aromatic carbocycles. The van der Waals surface area contributed by atoms with Gasteiger partial charge in [0.25, 0.3) is 0 Å². The SMILES string of the molecule is Cc1cc(Nc2ccc(OCCN)cc2)n2ncnc2c1. The molecule has 0 bridgehead atoms. The van der Waals surface area contributed by atoms with Crippen molar-refractivity contribution in [3.63, 3.8) is 0 Å². The van der Waals surface area contributed by atoms with E-state index in [1.54, 1.807) is 10.8 Å². The highest BCUT2D eigenvalue weighted by Gasteiger charge is 2.04. The number of nitrogens with two attached hydrogens (primary N) is 1. The van der Waals surface area contributed by atoms with Gasteiger partial charge in [-0.25, -0.2) is 4.98 Å². The second kappa shape index (κ2) is 5.80. The minimum absolute atomic E-state index is 0.508. The Hall–Kier alpha value is -2.60. The fourth-order valence-electron chi connectivity index (χ4n) is 2.10. The van der Waals surface area contributed by atoms with E-state index in [4.69, 9.17) is 10.5 Å². The van der Waals surface area contributed by atoms with Crippen molar-refractivity contribution in [3.8, 4) is 5.75 Å². The van der Waals surface area contributed by atoms with Crippen LogP contribution in [0.3, 0.4) is 0 Å². The highest BCUT2D eigenvalue weighted by atomic mass is 16.5. The normalized spacial score (nSPS) is 10.8. The van der Waals surface area contributed by atoms with Crippen LogP contribution in [0.15, 0.2) is 42.7 Å². The Morgan fingerprint density at radius 2 is 2.05 bits per heavy atom. The molecule has 0 unspecified atom stereocenters. The first-order valence-corrected chi connectivity index (χ1v) is 6.76. The first kappa shape index (κ1) is 13.4. The molecule has 2 aromatic heterocycles. The van der Waals surface area contributed by atoms with Gasteiger partial charge in [0.2, 0.25) is 0 Å². The molecule has 0 aliphatic heterocycles. The highest BCUT2D eigenvalue weighted by Crippen LogP contribution is 2.21. The molecule has 0 amide bonds. The van der Waals surface area contributed by atoms with Gasteiger partial charge in [-0.05, 0) is 48.9 Å². The van der Waals surface area contributed by atoms with E-state index in [1.165, 1.54) is 0 Å². The maximum absolute atomic E-state index is 5.46. The Bertz CT molecular complexity index is 735. The summed E-state index contributed by atoms with van der Waals surface area (Å²) in [4.78, 5) is 4.21. The molecule has 3 N–H and O–H groups in total. The van der Waals surface area contributed by atoms with Crippen molar-refractivity contribution in [3.05, 3.63) is 48.3 Å². The number of rotatable bonds is 5. The Morgan fingerprint density at radius 1 is 1.24 bits per heavy atom. The second-order valence-corrected chi connectivity index (χ2v) is 4.73. The van der Waals surface area contributed by atoms with E-state index >= 15 is 0 Å². The number of anilines is 2. The molecule has 0 saturated carbocycles. The van der Waals surface area contributed by atoms with E-state index in [0.29, 0.717) is 13.2 Å². The lowest BCUT2D eigenvalue weighted by Crippen LogP contribution is -2.10. The first-order valence-electron chi connectivity index (χ1n) is 6.76. The summed E-state index contributed by atoms with van der Waals surface area (Å²) in [5, 5.41) is 7.56. The number of benzene rings is 1. The smallest absolute Gasteiger partial charge is 0.157 e.